The summed E-state index contributed by atoms with van der Waals surface area (Å²) in [6.45, 7) is 10.9. The van der Waals surface area contributed by atoms with Crippen LogP contribution in [0.2, 0.25) is 0 Å². The lowest BCUT2D eigenvalue weighted by molar-refractivity contribution is 0.0436. The maximum atomic E-state index is 10.3. The van der Waals surface area contributed by atoms with Gasteiger partial charge in [0.25, 0.3) is 0 Å². The molecule has 5 heteroatoms. The molecule has 0 aliphatic heterocycles. The molecule has 0 amide bonds. The third-order valence-corrected chi connectivity index (χ3v) is 2.43. The maximum Gasteiger partial charge on any atom is 0.191 e. The molecular weight excluding hydrogens is 242 g/mol. The molecule has 0 fully saturated rings. The molecule has 0 radical (unpaired) electrons. The quantitative estimate of drug-likeness (QED) is 0.575. The maximum absolute atomic E-state index is 10.3. The fourth-order valence-corrected chi connectivity index (χ4v) is 1.56. The van der Waals surface area contributed by atoms with E-state index in [1.165, 1.54) is 0 Å². The normalized spacial score (nSPS) is 16.0. The molecule has 0 aliphatic rings. The molecule has 0 saturated carbocycles. The summed E-state index contributed by atoms with van der Waals surface area (Å²) in [6.07, 6.45) is 1.55. The Hall–Kier alpha value is -1.49. The molecule has 1 heterocycles. The Kier molecular flexibility index (Phi) is 5.00. The topological polar surface area (TPSA) is 69.8 Å². The second-order valence-electron chi connectivity index (χ2n) is 5.82. The largest absolute Gasteiger partial charge is 0.466 e. The van der Waals surface area contributed by atoms with Gasteiger partial charge in [0, 0.05) is 12.1 Å². The number of furan rings is 1. The lowest BCUT2D eigenvalue weighted by Gasteiger charge is -2.25. The van der Waals surface area contributed by atoms with Crippen molar-refractivity contribution >= 4 is 5.96 Å². The molecule has 0 aliphatic carbocycles. The average molecular weight is 267 g/mol. The molecule has 5 nitrogen and oxygen atoms in total. The summed E-state index contributed by atoms with van der Waals surface area (Å²) in [5.74, 6) is 1.20. The Morgan fingerprint density at radius 2 is 2.05 bits per heavy atom. The van der Waals surface area contributed by atoms with E-state index < -0.39 is 5.60 Å². The van der Waals surface area contributed by atoms with E-state index in [1.54, 1.807) is 25.3 Å². The van der Waals surface area contributed by atoms with E-state index in [4.69, 9.17) is 4.42 Å². The lowest BCUT2D eigenvalue weighted by atomic mass is 10.0. The summed E-state index contributed by atoms with van der Waals surface area (Å²) in [5, 5.41) is 16.8. The molecule has 0 spiro atoms. The molecular formula is C14H25N3O2. The van der Waals surface area contributed by atoms with Gasteiger partial charge in [0.05, 0.1) is 12.8 Å². The van der Waals surface area contributed by atoms with Crippen molar-refractivity contribution in [2.75, 3.05) is 13.1 Å². The average Bonchev–Trinajstić information content (AvgIpc) is 2.78. The number of hydrogen-bond donors (Lipinski definition) is 3. The Morgan fingerprint density at radius 1 is 1.37 bits per heavy atom. The van der Waals surface area contributed by atoms with Crippen molar-refractivity contribution in [1.29, 1.82) is 0 Å². The third-order valence-electron chi connectivity index (χ3n) is 2.43. The molecule has 0 aromatic carbocycles. The van der Waals surface area contributed by atoms with E-state index in [0.29, 0.717) is 11.7 Å². The minimum Gasteiger partial charge on any atom is -0.466 e. The first-order valence-electron chi connectivity index (χ1n) is 6.57. The fourth-order valence-electron chi connectivity index (χ4n) is 1.56. The number of hydrogen-bond acceptors (Lipinski definition) is 3. The zero-order valence-electron chi connectivity index (χ0n) is 12.4. The van der Waals surface area contributed by atoms with Crippen LogP contribution in [0.4, 0.5) is 0 Å². The second-order valence-corrected chi connectivity index (χ2v) is 5.82. The van der Waals surface area contributed by atoms with Gasteiger partial charge in [-0.05, 0) is 46.8 Å². The third kappa shape index (κ3) is 5.34. The van der Waals surface area contributed by atoms with Crippen molar-refractivity contribution in [3.05, 3.63) is 24.2 Å². The molecule has 3 N–H and O–H groups in total. The van der Waals surface area contributed by atoms with Crippen LogP contribution >= 0.6 is 0 Å². The van der Waals surface area contributed by atoms with Crippen molar-refractivity contribution in [3.8, 4) is 0 Å². The van der Waals surface area contributed by atoms with Crippen LogP contribution in [0.1, 0.15) is 40.4 Å². The van der Waals surface area contributed by atoms with Gasteiger partial charge < -0.3 is 20.2 Å². The van der Waals surface area contributed by atoms with E-state index in [-0.39, 0.29) is 12.1 Å². The molecule has 19 heavy (non-hydrogen) atoms. The Bertz CT molecular complexity index is 403. The van der Waals surface area contributed by atoms with Crippen LogP contribution in [0.5, 0.6) is 0 Å². The molecule has 108 valence electrons. The van der Waals surface area contributed by atoms with Crippen molar-refractivity contribution < 1.29 is 9.52 Å². The van der Waals surface area contributed by atoms with Crippen LogP contribution in [0, 0.1) is 0 Å². The highest BCUT2D eigenvalue weighted by Gasteiger charge is 2.26. The number of rotatable bonds is 4. The summed E-state index contributed by atoms with van der Waals surface area (Å²) in [4.78, 5) is 4.41. The van der Waals surface area contributed by atoms with Crippen LogP contribution in [0.15, 0.2) is 27.8 Å². The molecule has 1 aromatic heterocycles. The number of aliphatic imine (C=N–C) groups is 1. The van der Waals surface area contributed by atoms with Gasteiger partial charge in [0.2, 0.25) is 0 Å². The molecule has 1 unspecified atom stereocenters. The standard InChI is InChI=1S/C14H25N3O2/c1-6-15-12(17-13(2,3)4)16-10-14(5,18)11-8-7-9-19-11/h7-9,18H,6,10H2,1-5H3,(H2,15,16,17). The van der Waals surface area contributed by atoms with Crippen LogP contribution < -0.4 is 10.6 Å². The zero-order valence-corrected chi connectivity index (χ0v) is 12.4. The first-order chi connectivity index (χ1) is 8.74. The summed E-state index contributed by atoms with van der Waals surface area (Å²) >= 11 is 0. The highest BCUT2D eigenvalue weighted by molar-refractivity contribution is 5.80. The van der Waals surface area contributed by atoms with Crippen molar-refractivity contribution in [2.24, 2.45) is 4.99 Å². The van der Waals surface area contributed by atoms with E-state index >= 15 is 0 Å². The van der Waals surface area contributed by atoms with Gasteiger partial charge in [0.1, 0.15) is 11.4 Å². The van der Waals surface area contributed by atoms with Crippen molar-refractivity contribution in [1.82, 2.24) is 10.6 Å². The Morgan fingerprint density at radius 3 is 2.53 bits per heavy atom. The highest BCUT2D eigenvalue weighted by atomic mass is 16.4. The Labute approximate surface area is 115 Å². The van der Waals surface area contributed by atoms with E-state index in [0.717, 1.165) is 6.54 Å². The zero-order chi connectivity index (χ0) is 14.5. The fraction of sp³-hybridized carbons (Fsp3) is 0.643. The second kappa shape index (κ2) is 6.10. The Balaban J connectivity index is 2.75. The van der Waals surface area contributed by atoms with Crippen LogP contribution in [0.25, 0.3) is 0 Å². The minimum absolute atomic E-state index is 0.0858. The van der Waals surface area contributed by atoms with Gasteiger partial charge in [-0.3, -0.25) is 0 Å². The summed E-state index contributed by atoms with van der Waals surface area (Å²) in [6, 6.07) is 3.51. The van der Waals surface area contributed by atoms with Gasteiger partial charge in [-0.25, -0.2) is 4.99 Å². The summed E-state index contributed by atoms with van der Waals surface area (Å²) in [7, 11) is 0. The van der Waals surface area contributed by atoms with E-state index in [2.05, 4.69) is 36.4 Å². The first kappa shape index (κ1) is 15.6. The smallest absolute Gasteiger partial charge is 0.191 e. The van der Waals surface area contributed by atoms with Gasteiger partial charge in [-0.2, -0.15) is 0 Å². The molecule has 1 atom stereocenters. The predicted molar refractivity (Wildman–Crippen MR) is 77.1 cm³/mol. The summed E-state index contributed by atoms with van der Waals surface area (Å²) < 4.78 is 5.23. The number of nitrogens with one attached hydrogen (secondary N) is 2. The monoisotopic (exact) mass is 267 g/mol. The number of aliphatic hydroxyl groups is 1. The molecule has 1 aromatic rings. The van der Waals surface area contributed by atoms with Gasteiger partial charge >= 0.3 is 0 Å². The first-order valence-corrected chi connectivity index (χ1v) is 6.57. The number of nitrogens with zero attached hydrogens (tertiary/aromatic N) is 1. The minimum atomic E-state index is -1.11. The van der Waals surface area contributed by atoms with Gasteiger partial charge in [-0.15, -0.1) is 0 Å². The van der Waals surface area contributed by atoms with Gasteiger partial charge in [-0.1, -0.05) is 0 Å². The summed E-state index contributed by atoms with van der Waals surface area (Å²) in [5.41, 5.74) is -1.19. The van der Waals surface area contributed by atoms with E-state index in [9.17, 15) is 5.11 Å². The van der Waals surface area contributed by atoms with Crippen molar-refractivity contribution in [2.45, 2.75) is 45.8 Å². The molecule has 0 bridgehead atoms. The SMILES string of the molecule is CCNC(=NCC(C)(O)c1ccco1)NC(C)(C)C. The van der Waals surface area contributed by atoms with Crippen LogP contribution in [-0.4, -0.2) is 29.7 Å². The molecule has 0 saturated heterocycles. The lowest BCUT2D eigenvalue weighted by Crippen LogP contribution is -2.48. The predicted octanol–water partition coefficient (Wildman–Crippen LogP) is 1.84. The number of guanidine groups is 1. The van der Waals surface area contributed by atoms with Crippen LogP contribution in [-0.2, 0) is 5.60 Å². The van der Waals surface area contributed by atoms with E-state index in [1.807, 2.05) is 6.92 Å². The van der Waals surface area contributed by atoms with Crippen LogP contribution in [0.3, 0.4) is 0 Å². The molecule has 1 rings (SSSR count). The van der Waals surface area contributed by atoms with Gasteiger partial charge in [0.15, 0.2) is 5.96 Å². The van der Waals surface area contributed by atoms with Crippen molar-refractivity contribution in [3.63, 3.8) is 0 Å². The highest BCUT2D eigenvalue weighted by Crippen LogP contribution is 2.21.